The Bertz CT molecular complexity index is 404. The van der Waals surface area contributed by atoms with Crippen LogP contribution in [0.15, 0.2) is 27.7 Å². The summed E-state index contributed by atoms with van der Waals surface area (Å²) in [5.74, 6) is 0. The highest BCUT2D eigenvalue weighted by Crippen LogP contribution is 2.27. The Morgan fingerprint density at radius 1 is 1.53 bits per heavy atom. The molecule has 0 saturated heterocycles. The predicted octanol–water partition coefficient (Wildman–Crippen LogP) is 3.66. The summed E-state index contributed by atoms with van der Waals surface area (Å²) in [6, 6.07) is 6.15. The van der Waals surface area contributed by atoms with Crippen molar-refractivity contribution < 1.29 is 0 Å². The second-order valence-corrected chi connectivity index (χ2v) is 5.89. The van der Waals surface area contributed by atoms with Gasteiger partial charge in [0.2, 0.25) is 0 Å². The summed E-state index contributed by atoms with van der Waals surface area (Å²) in [6.07, 6.45) is 0. The van der Waals surface area contributed by atoms with E-state index in [0.717, 1.165) is 21.9 Å². The van der Waals surface area contributed by atoms with Crippen molar-refractivity contribution in [3.63, 3.8) is 0 Å². The second kappa shape index (κ2) is 4.58. The Hall–Kier alpha value is -0.480. The molecule has 1 aliphatic heterocycles. The van der Waals surface area contributed by atoms with Crippen LogP contribution in [0.5, 0.6) is 0 Å². The molecule has 0 aliphatic carbocycles. The van der Waals surface area contributed by atoms with Gasteiger partial charge in [-0.15, -0.1) is 0 Å². The van der Waals surface area contributed by atoms with Crippen molar-refractivity contribution in [2.75, 3.05) is 11.9 Å². The Labute approximate surface area is 103 Å². The first kappa shape index (κ1) is 11.0. The molecule has 0 amide bonds. The highest BCUT2D eigenvalue weighted by molar-refractivity contribution is 9.10. The third-order valence-corrected chi connectivity index (χ3v) is 4.18. The summed E-state index contributed by atoms with van der Waals surface area (Å²) in [6.45, 7) is 5.20. The number of benzene rings is 1. The fraction of sp³-hybridized carbons (Fsp3) is 0.364. The third-order valence-electron chi connectivity index (χ3n) is 2.31. The predicted molar refractivity (Wildman–Crippen MR) is 71.9 cm³/mol. The van der Waals surface area contributed by atoms with Crippen LogP contribution < -0.4 is 5.32 Å². The zero-order valence-corrected chi connectivity index (χ0v) is 11.2. The van der Waals surface area contributed by atoms with Crippen LogP contribution in [0, 0.1) is 6.92 Å². The maximum absolute atomic E-state index is 4.44. The minimum absolute atomic E-state index is 0.597. The van der Waals surface area contributed by atoms with Gasteiger partial charge in [-0.2, -0.15) is 0 Å². The normalized spacial score (nSPS) is 20.2. The second-order valence-electron chi connectivity index (χ2n) is 3.61. The van der Waals surface area contributed by atoms with Gasteiger partial charge >= 0.3 is 0 Å². The van der Waals surface area contributed by atoms with Crippen LogP contribution in [0.3, 0.4) is 0 Å². The Kier molecular flexibility index (Phi) is 3.36. The fourth-order valence-electron chi connectivity index (χ4n) is 1.40. The van der Waals surface area contributed by atoms with E-state index >= 15 is 0 Å². The number of thioether (sulfide) groups is 1. The van der Waals surface area contributed by atoms with Crippen molar-refractivity contribution in [1.29, 1.82) is 0 Å². The molecular weight excluding hydrogens is 272 g/mol. The molecule has 1 aromatic rings. The van der Waals surface area contributed by atoms with Crippen molar-refractivity contribution in [3.8, 4) is 0 Å². The van der Waals surface area contributed by atoms with Gasteiger partial charge < -0.3 is 5.32 Å². The van der Waals surface area contributed by atoms with Gasteiger partial charge in [-0.05, 0) is 24.6 Å². The highest BCUT2D eigenvalue weighted by Gasteiger charge is 2.15. The molecule has 1 aliphatic rings. The van der Waals surface area contributed by atoms with Gasteiger partial charge in [0.15, 0.2) is 5.17 Å². The van der Waals surface area contributed by atoms with Crippen molar-refractivity contribution in [1.82, 2.24) is 0 Å². The molecule has 2 rings (SSSR count). The van der Waals surface area contributed by atoms with Gasteiger partial charge in [0.05, 0.1) is 6.54 Å². The lowest BCUT2D eigenvalue weighted by atomic mass is 10.2. The summed E-state index contributed by atoms with van der Waals surface area (Å²) in [7, 11) is 0. The van der Waals surface area contributed by atoms with E-state index in [0.29, 0.717) is 5.25 Å². The number of nitrogens with zero attached hydrogens (tertiary/aromatic N) is 1. The van der Waals surface area contributed by atoms with E-state index in [1.165, 1.54) is 5.56 Å². The number of halogens is 1. The molecule has 15 heavy (non-hydrogen) atoms. The maximum Gasteiger partial charge on any atom is 0.161 e. The molecule has 2 nitrogen and oxygen atoms in total. The summed E-state index contributed by atoms with van der Waals surface area (Å²) in [4.78, 5) is 4.44. The first-order valence-corrected chi connectivity index (χ1v) is 6.57. The highest BCUT2D eigenvalue weighted by atomic mass is 79.9. The molecule has 1 aromatic carbocycles. The maximum atomic E-state index is 4.44. The standard InChI is InChI=1S/C11H13BrN2S/c1-7-6-13-11(15-7)14-10-5-3-4-9(12)8(10)2/h3-5,7H,6H2,1-2H3,(H,13,14). The fourth-order valence-corrected chi connectivity index (χ4v) is 2.62. The van der Waals surface area contributed by atoms with E-state index in [9.17, 15) is 0 Å². The number of hydrogen-bond donors (Lipinski definition) is 1. The molecule has 0 bridgehead atoms. The van der Waals surface area contributed by atoms with Crippen LogP contribution in [0.4, 0.5) is 5.69 Å². The number of amidine groups is 1. The van der Waals surface area contributed by atoms with Gasteiger partial charge in [-0.25, -0.2) is 0 Å². The number of aliphatic imine (C=N–C) groups is 1. The van der Waals surface area contributed by atoms with Crippen molar-refractivity contribution in [2.45, 2.75) is 19.1 Å². The Morgan fingerprint density at radius 2 is 2.33 bits per heavy atom. The van der Waals surface area contributed by atoms with Gasteiger partial charge in [-0.3, -0.25) is 4.99 Å². The topological polar surface area (TPSA) is 24.4 Å². The van der Waals surface area contributed by atoms with Crippen LogP contribution in [0.2, 0.25) is 0 Å². The monoisotopic (exact) mass is 284 g/mol. The molecule has 80 valence electrons. The molecule has 0 spiro atoms. The van der Waals surface area contributed by atoms with Crippen LogP contribution in [0.25, 0.3) is 0 Å². The zero-order chi connectivity index (χ0) is 10.8. The number of hydrogen-bond acceptors (Lipinski definition) is 3. The van der Waals surface area contributed by atoms with Crippen molar-refractivity contribution >= 4 is 38.5 Å². The summed E-state index contributed by atoms with van der Waals surface area (Å²) in [5.41, 5.74) is 2.35. The lowest BCUT2D eigenvalue weighted by Crippen LogP contribution is -2.07. The Balaban J connectivity index is 2.15. The molecule has 1 atom stereocenters. The van der Waals surface area contributed by atoms with Crippen molar-refractivity contribution in [3.05, 3.63) is 28.2 Å². The summed E-state index contributed by atoms with van der Waals surface area (Å²) < 4.78 is 1.13. The molecule has 0 radical (unpaired) electrons. The van der Waals surface area contributed by atoms with E-state index in [-0.39, 0.29) is 0 Å². The smallest absolute Gasteiger partial charge is 0.161 e. The first-order chi connectivity index (χ1) is 7.16. The van der Waals surface area contributed by atoms with Crippen molar-refractivity contribution in [2.24, 2.45) is 4.99 Å². The number of rotatable bonds is 1. The van der Waals surface area contributed by atoms with Gasteiger partial charge in [-0.1, -0.05) is 40.7 Å². The third kappa shape index (κ3) is 2.55. The quantitative estimate of drug-likeness (QED) is 0.851. The van der Waals surface area contributed by atoms with Crippen LogP contribution in [-0.2, 0) is 0 Å². The molecule has 4 heteroatoms. The molecular formula is C11H13BrN2S. The van der Waals surface area contributed by atoms with E-state index in [4.69, 9.17) is 0 Å². The molecule has 0 aromatic heterocycles. The van der Waals surface area contributed by atoms with Gasteiger partial charge in [0.25, 0.3) is 0 Å². The molecule has 0 fully saturated rings. The largest absolute Gasteiger partial charge is 0.335 e. The van der Waals surface area contributed by atoms with Gasteiger partial charge in [0, 0.05) is 15.4 Å². The molecule has 1 heterocycles. The van der Waals surface area contributed by atoms with E-state index < -0.39 is 0 Å². The molecule has 1 N–H and O–H groups in total. The zero-order valence-electron chi connectivity index (χ0n) is 8.75. The molecule has 0 saturated carbocycles. The summed E-state index contributed by atoms with van der Waals surface area (Å²) >= 11 is 5.32. The SMILES string of the molecule is Cc1c(Br)cccc1NC1=NCC(C)S1. The van der Waals surface area contributed by atoms with Crippen LogP contribution in [-0.4, -0.2) is 17.0 Å². The number of anilines is 1. The minimum Gasteiger partial charge on any atom is -0.335 e. The Morgan fingerprint density at radius 3 is 3.00 bits per heavy atom. The minimum atomic E-state index is 0.597. The summed E-state index contributed by atoms with van der Waals surface area (Å²) in [5, 5.41) is 4.99. The van der Waals surface area contributed by atoms with Crippen LogP contribution >= 0.6 is 27.7 Å². The average Bonchev–Trinajstić information content (AvgIpc) is 2.59. The van der Waals surface area contributed by atoms with Crippen LogP contribution in [0.1, 0.15) is 12.5 Å². The molecule has 1 unspecified atom stereocenters. The van der Waals surface area contributed by atoms with E-state index in [1.54, 1.807) is 11.8 Å². The number of nitrogens with one attached hydrogen (secondary N) is 1. The van der Waals surface area contributed by atoms with Gasteiger partial charge in [0.1, 0.15) is 0 Å². The first-order valence-electron chi connectivity index (χ1n) is 4.90. The lowest BCUT2D eigenvalue weighted by Gasteiger charge is -2.10. The van der Waals surface area contributed by atoms with E-state index in [1.807, 2.05) is 12.1 Å². The average molecular weight is 285 g/mol. The van der Waals surface area contributed by atoms with E-state index in [2.05, 4.69) is 46.2 Å². The lowest BCUT2D eigenvalue weighted by molar-refractivity contribution is 0.976.